The third kappa shape index (κ3) is 2.97. The molecule has 4 rings (SSSR count). The van der Waals surface area contributed by atoms with Crippen LogP contribution in [-0.2, 0) is 22.9 Å². The van der Waals surface area contributed by atoms with Gasteiger partial charge in [-0.25, -0.2) is 13.1 Å². The van der Waals surface area contributed by atoms with Gasteiger partial charge in [0.1, 0.15) is 4.21 Å². The van der Waals surface area contributed by atoms with E-state index in [1.54, 1.807) is 17.5 Å². The first-order chi connectivity index (χ1) is 11.1. The second kappa shape index (κ2) is 6.04. The van der Waals surface area contributed by atoms with E-state index in [1.807, 2.05) is 0 Å². The summed E-state index contributed by atoms with van der Waals surface area (Å²) < 4.78 is 28.0. The van der Waals surface area contributed by atoms with Gasteiger partial charge in [-0.1, -0.05) is 30.3 Å². The lowest BCUT2D eigenvalue weighted by atomic mass is 9.88. The van der Waals surface area contributed by atoms with Crippen molar-refractivity contribution >= 4 is 21.4 Å². The SMILES string of the molecule is O=S(=O)(NCC1C2CCC1Cc1ccccc1C2)c1cccs1. The number of nitrogens with one attached hydrogen (secondary N) is 1. The molecule has 0 radical (unpaired) electrons. The average Bonchev–Trinajstić information content (AvgIpc) is 3.14. The fourth-order valence-corrected chi connectivity index (χ4v) is 6.41. The second-order valence-corrected chi connectivity index (χ2v) is 9.66. The third-order valence-electron chi connectivity index (χ3n) is 5.47. The molecule has 1 fully saturated rings. The van der Waals surface area contributed by atoms with Crippen LogP contribution in [0.25, 0.3) is 0 Å². The molecule has 0 amide bonds. The van der Waals surface area contributed by atoms with E-state index in [1.165, 1.54) is 35.3 Å². The number of rotatable bonds is 4. The number of benzene rings is 1. The average molecular weight is 348 g/mol. The maximum atomic E-state index is 12.4. The summed E-state index contributed by atoms with van der Waals surface area (Å²) in [5, 5.41) is 1.81. The first-order valence-corrected chi connectivity index (χ1v) is 10.6. The quantitative estimate of drug-likeness (QED) is 0.920. The van der Waals surface area contributed by atoms with E-state index < -0.39 is 10.0 Å². The molecule has 0 aliphatic heterocycles. The highest BCUT2D eigenvalue weighted by Gasteiger charge is 2.39. The molecule has 2 atom stereocenters. The van der Waals surface area contributed by atoms with E-state index in [-0.39, 0.29) is 0 Å². The van der Waals surface area contributed by atoms with Crippen molar-refractivity contribution in [2.24, 2.45) is 17.8 Å². The fourth-order valence-electron chi connectivity index (χ4n) is 4.30. The standard InChI is InChI=1S/C18H21NO2S2/c20-23(21,18-6-3-9-22-18)19-12-17-15-7-8-16(17)11-14-5-2-1-4-13(14)10-15/h1-6,9,15-17,19H,7-8,10-12H2. The minimum Gasteiger partial charge on any atom is -0.210 e. The van der Waals surface area contributed by atoms with Crippen LogP contribution in [0.4, 0.5) is 0 Å². The van der Waals surface area contributed by atoms with E-state index >= 15 is 0 Å². The lowest BCUT2D eigenvalue weighted by molar-refractivity contribution is 0.319. The van der Waals surface area contributed by atoms with Crippen molar-refractivity contribution in [2.45, 2.75) is 29.9 Å². The molecular weight excluding hydrogens is 326 g/mol. The third-order valence-corrected chi connectivity index (χ3v) is 8.29. The minimum atomic E-state index is -3.35. The van der Waals surface area contributed by atoms with E-state index in [4.69, 9.17) is 0 Å². The molecule has 1 N–H and O–H groups in total. The number of hydrogen-bond donors (Lipinski definition) is 1. The van der Waals surface area contributed by atoms with Gasteiger partial charge in [0.05, 0.1) is 0 Å². The van der Waals surface area contributed by atoms with Gasteiger partial charge in [0.15, 0.2) is 0 Å². The van der Waals surface area contributed by atoms with Crippen LogP contribution in [0.15, 0.2) is 46.0 Å². The Labute approximate surface area is 141 Å². The molecule has 5 heteroatoms. The Morgan fingerprint density at radius 3 is 2.22 bits per heavy atom. The molecule has 1 aromatic heterocycles. The second-order valence-electron chi connectivity index (χ2n) is 6.72. The molecule has 1 aromatic carbocycles. The van der Waals surface area contributed by atoms with Gasteiger partial charge >= 0.3 is 0 Å². The Kier molecular flexibility index (Phi) is 4.03. The number of fused-ring (bicyclic) bond motifs is 3. The summed E-state index contributed by atoms with van der Waals surface area (Å²) in [7, 11) is -3.35. The van der Waals surface area contributed by atoms with Crippen molar-refractivity contribution in [3.63, 3.8) is 0 Å². The zero-order valence-electron chi connectivity index (χ0n) is 12.9. The van der Waals surface area contributed by atoms with Gasteiger partial charge in [0.2, 0.25) is 10.0 Å². The maximum Gasteiger partial charge on any atom is 0.250 e. The van der Waals surface area contributed by atoms with Gasteiger partial charge in [-0.3, -0.25) is 0 Å². The molecule has 0 saturated heterocycles. The van der Waals surface area contributed by atoms with Crippen LogP contribution in [0.1, 0.15) is 24.0 Å². The zero-order valence-corrected chi connectivity index (χ0v) is 14.6. The molecule has 0 spiro atoms. The van der Waals surface area contributed by atoms with Gasteiger partial charge in [-0.15, -0.1) is 11.3 Å². The van der Waals surface area contributed by atoms with E-state index in [0.717, 1.165) is 12.8 Å². The Morgan fingerprint density at radius 2 is 1.65 bits per heavy atom. The van der Waals surface area contributed by atoms with Crippen molar-refractivity contribution in [3.05, 3.63) is 52.9 Å². The Balaban J connectivity index is 1.51. The molecule has 3 nitrogen and oxygen atoms in total. The predicted octanol–water partition coefficient (Wildman–Crippen LogP) is 3.47. The summed E-state index contributed by atoms with van der Waals surface area (Å²) in [6.45, 7) is 0.573. The maximum absolute atomic E-state index is 12.4. The summed E-state index contributed by atoms with van der Waals surface area (Å²) in [6.07, 6.45) is 4.64. The molecule has 122 valence electrons. The largest absolute Gasteiger partial charge is 0.250 e. The van der Waals surface area contributed by atoms with Crippen LogP contribution in [0.5, 0.6) is 0 Å². The van der Waals surface area contributed by atoms with E-state index in [0.29, 0.717) is 28.5 Å². The van der Waals surface area contributed by atoms with Crippen LogP contribution in [0, 0.1) is 17.8 Å². The molecule has 2 aliphatic rings. The van der Waals surface area contributed by atoms with Gasteiger partial charge in [0, 0.05) is 6.54 Å². The molecule has 1 saturated carbocycles. The van der Waals surface area contributed by atoms with Gasteiger partial charge in [-0.05, 0) is 66.0 Å². The van der Waals surface area contributed by atoms with Crippen LogP contribution in [-0.4, -0.2) is 15.0 Å². The van der Waals surface area contributed by atoms with Crippen LogP contribution < -0.4 is 4.72 Å². The summed E-state index contributed by atoms with van der Waals surface area (Å²) in [6, 6.07) is 12.2. The summed E-state index contributed by atoms with van der Waals surface area (Å²) in [5.74, 6) is 1.67. The Morgan fingerprint density at radius 1 is 1.00 bits per heavy atom. The van der Waals surface area contributed by atoms with Gasteiger partial charge in [-0.2, -0.15) is 0 Å². The molecule has 2 unspecified atom stereocenters. The summed E-state index contributed by atoms with van der Waals surface area (Å²) >= 11 is 1.28. The number of hydrogen-bond acceptors (Lipinski definition) is 3. The van der Waals surface area contributed by atoms with Crippen LogP contribution in [0.3, 0.4) is 0 Å². The number of sulfonamides is 1. The van der Waals surface area contributed by atoms with Gasteiger partial charge in [0.25, 0.3) is 0 Å². The molecule has 2 bridgehead atoms. The highest BCUT2D eigenvalue weighted by Crippen LogP contribution is 2.44. The lowest BCUT2D eigenvalue weighted by Gasteiger charge is -2.22. The van der Waals surface area contributed by atoms with Crippen LogP contribution in [0.2, 0.25) is 0 Å². The lowest BCUT2D eigenvalue weighted by Crippen LogP contribution is -2.33. The van der Waals surface area contributed by atoms with E-state index in [2.05, 4.69) is 29.0 Å². The monoisotopic (exact) mass is 347 g/mol. The Bertz CT molecular complexity index is 750. The van der Waals surface area contributed by atoms with Crippen molar-refractivity contribution in [3.8, 4) is 0 Å². The fraction of sp³-hybridized carbons (Fsp3) is 0.444. The highest BCUT2D eigenvalue weighted by molar-refractivity contribution is 7.91. The smallest absolute Gasteiger partial charge is 0.210 e. The van der Waals surface area contributed by atoms with Crippen molar-refractivity contribution in [1.82, 2.24) is 4.72 Å². The zero-order chi connectivity index (χ0) is 15.9. The number of thiophene rings is 1. The molecule has 23 heavy (non-hydrogen) atoms. The molecule has 1 heterocycles. The first kappa shape index (κ1) is 15.4. The molecule has 2 aromatic rings. The van der Waals surface area contributed by atoms with Crippen LogP contribution >= 0.6 is 11.3 Å². The summed E-state index contributed by atoms with van der Waals surface area (Å²) in [4.78, 5) is 0. The van der Waals surface area contributed by atoms with E-state index in [9.17, 15) is 8.42 Å². The predicted molar refractivity (Wildman–Crippen MR) is 93.1 cm³/mol. The first-order valence-electron chi connectivity index (χ1n) is 8.23. The highest BCUT2D eigenvalue weighted by atomic mass is 32.2. The van der Waals surface area contributed by atoms with Crippen molar-refractivity contribution in [2.75, 3.05) is 6.54 Å². The molecular formula is C18H21NO2S2. The van der Waals surface area contributed by atoms with Crippen molar-refractivity contribution < 1.29 is 8.42 Å². The minimum absolute atomic E-state index is 0.418. The topological polar surface area (TPSA) is 46.2 Å². The Hall–Kier alpha value is -1.17. The van der Waals surface area contributed by atoms with Gasteiger partial charge < -0.3 is 0 Å². The molecule has 2 aliphatic carbocycles. The van der Waals surface area contributed by atoms with Crippen molar-refractivity contribution in [1.29, 1.82) is 0 Å². The summed E-state index contributed by atoms with van der Waals surface area (Å²) in [5.41, 5.74) is 2.93. The normalized spacial score (nSPS) is 26.7.